The third-order valence-electron chi connectivity index (χ3n) is 3.67. The van der Waals surface area contributed by atoms with Crippen LogP contribution in [0.3, 0.4) is 0 Å². The zero-order valence-electron chi connectivity index (χ0n) is 13.9. The van der Waals surface area contributed by atoms with Crippen molar-refractivity contribution in [1.82, 2.24) is 5.32 Å². The molecule has 7 heteroatoms. The van der Waals surface area contributed by atoms with Gasteiger partial charge in [0, 0.05) is 9.64 Å². The molecule has 5 nitrogen and oxygen atoms in total. The Bertz CT molecular complexity index is 909. The lowest BCUT2D eigenvalue weighted by Gasteiger charge is -2.29. The lowest BCUT2D eigenvalue weighted by molar-refractivity contribution is -0.122. The minimum absolute atomic E-state index is 0.0293. The average molecular weight is 478 g/mol. The van der Waals surface area contributed by atoms with Crippen LogP contribution in [0.2, 0.25) is 0 Å². The molecule has 0 spiro atoms. The van der Waals surface area contributed by atoms with Crippen molar-refractivity contribution in [2.75, 3.05) is 11.5 Å². The molecule has 0 atom stereocenters. The maximum Gasteiger partial charge on any atom is 0.270 e. The van der Waals surface area contributed by atoms with E-state index in [1.807, 2.05) is 31.2 Å². The lowest BCUT2D eigenvalue weighted by Crippen LogP contribution is -2.54. The van der Waals surface area contributed by atoms with Gasteiger partial charge in [0.05, 0.1) is 12.3 Å². The Morgan fingerprint density at radius 3 is 2.62 bits per heavy atom. The van der Waals surface area contributed by atoms with Gasteiger partial charge in [0.15, 0.2) is 5.11 Å². The Labute approximate surface area is 170 Å². The third-order valence-corrected chi connectivity index (χ3v) is 4.67. The smallest absolute Gasteiger partial charge is 0.270 e. The summed E-state index contributed by atoms with van der Waals surface area (Å²) >= 11 is 7.40. The first-order valence-corrected chi connectivity index (χ1v) is 9.38. The van der Waals surface area contributed by atoms with Gasteiger partial charge in [-0.1, -0.05) is 18.2 Å². The van der Waals surface area contributed by atoms with Gasteiger partial charge in [0.2, 0.25) is 0 Å². The molecule has 0 aliphatic carbocycles. The summed E-state index contributed by atoms with van der Waals surface area (Å²) in [6.45, 7) is 2.39. The number of nitrogens with one attached hydrogen (secondary N) is 1. The predicted molar refractivity (Wildman–Crippen MR) is 113 cm³/mol. The van der Waals surface area contributed by atoms with Gasteiger partial charge in [-0.3, -0.25) is 19.8 Å². The van der Waals surface area contributed by atoms with Gasteiger partial charge in [0.25, 0.3) is 11.8 Å². The topological polar surface area (TPSA) is 58.6 Å². The zero-order chi connectivity index (χ0) is 18.7. The first-order valence-electron chi connectivity index (χ1n) is 7.89. The summed E-state index contributed by atoms with van der Waals surface area (Å²) < 4.78 is 6.55. The van der Waals surface area contributed by atoms with Gasteiger partial charge in [-0.05, 0) is 77.6 Å². The number of thiocarbonyl (C=S) groups is 1. The Kier molecular flexibility index (Phi) is 5.67. The largest absolute Gasteiger partial charge is 0.494 e. The van der Waals surface area contributed by atoms with Crippen LogP contribution < -0.4 is 15.0 Å². The van der Waals surface area contributed by atoms with Crippen LogP contribution in [-0.4, -0.2) is 23.5 Å². The Morgan fingerprint density at radius 2 is 1.92 bits per heavy atom. The van der Waals surface area contributed by atoms with E-state index >= 15 is 0 Å². The summed E-state index contributed by atoms with van der Waals surface area (Å²) in [6, 6.07) is 14.5. The van der Waals surface area contributed by atoms with Gasteiger partial charge < -0.3 is 4.74 Å². The molecule has 1 aliphatic rings. The number of hydrogen-bond acceptors (Lipinski definition) is 4. The summed E-state index contributed by atoms with van der Waals surface area (Å²) in [4.78, 5) is 26.5. The standard InChI is InChI=1S/C19H15IN2O3S/c1-2-25-15-5-3-4-14(11-15)22-18(24)16(17(23)21-19(22)26)10-12-6-8-13(20)9-7-12/h3-11H,2H2,1H3,(H,21,23,26)/b16-10+. The summed E-state index contributed by atoms with van der Waals surface area (Å²) in [5.41, 5.74) is 1.33. The molecule has 3 rings (SSSR count). The molecule has 26 heavy (non-hydrogen) atoms. The van der Waals surface area contributed by atoms with Crippen LogP contribution in [-0.2, 0) is 9.59 Å². The Balaban J connectivity index is 1.98. The molecule has 2 aromatic rings. The van der Waals surface area contributed by atoms with E-state index in [4.69, 9.17) is 17.0 Å². The fourth-order valence-electron chi connectivity index (χ4n) is 2.50. The van der Waals surface area contributed by atoms with E-state index in [-0.39, 0.29) is 10.7 Å². The number of rotatable bonds is 4. The van der Waals surface area contributed by atoms with Gasteiger partial charge in [0.1, 0.15) is 11.3 Å². The maximum atomic E-state index is 13.0. The number of carbonyl (C=O) groups is 2. The number of halogens is 1. The monoisotopic (exact) mass is 478 g/mol. The highest BCUT2D eigenvalue weighted by atomic mass is 127. The molecule has 132 valence electrons. The fraction of sp³-hybridized carbons (Fsp3) is 0.105. The van der Waals surface area contributed by atoms with E-state index in [1.165, 1.54) is 4.90 Å². The number of anilines is 1. The zero-order valence-corrected chi connectivity index (χ0v) is 16.8. The first kappa shape index (κ1) is 18.5. The van der Waals surface area contributed by atoms with Crippen molar-refractivity contribution in [2.24, 2.45) is 0 Å². The van der Waals surface area contributed by atoms with E-state index in [0.717, 1.165) is 9.13 Å². The summed E-state index contributed by atoms with van der Waals surface area (Å²) in [7, 11) is 0. The highest BCUT2D eigenvalue weighted by Crippen LogP contribution is 2.25. The number of hydrogen-bond donors (Lipinski definition) is 1. The van der Waals surface area contributed by atoms with Crippen molar-refractivity contribution in [2.45, 2.75) is 6.92 Å². The number of amides is 2. The molecule has 0 radical (unpaired) electrons. The van der Waals surface area contributed by atoms with Crippen LogP contribution >= 0.6 is 34.8 Å². The predicted octanol–water partition coefficient (Wildman–Crippen LogP) is 3.52. The van der Waals surface area contributed by atoms with E-state index < -0.39 is 11.8 Å². The number of carbonyl (C=O) groups excluding carboxylic acids is 2. The van der Waals surface area contributed by atoms with Crippen molar-refractivity contribution < 1.29 is 14.3 Å². The second kappa shape index (κ2) is 7.96. The van der Waals surface area contributed by atoms with E-state index in [1.54, 1.807) is 30.3 Å². The molecule has 0 aromatic heterocycles. The molecule has 0 unspecified atom stereocenters. The minimum Gasteiger partial charge on any atom is -0.494 e. The molecular formula is C19H15IN2O3S. The van der Waals surface area contributed by atoms with Crippen molar-refractivity contribution in [3.05, 3.63) is 63.2 Å². The molecule has 0 saturated carbocycles. The number of benzene rings is 2. The molecule has 1 aliphatic heterocycles. The average Bonchev–Trinajstić information content (AvgIpc) is 2.61. The molecular weight excluding hydrogens is 463 g/mol. The SMILES string of the molecule is CCOc1cccc(N2C(=O)/C(=C/c3ccc(I)cc3)C(=O)NC2=S)c1. The number of ether oxygens (including phenoxy) is 1. The van der Waals surface area contributed by atoms with Crippen LogP contribution in [0.1, 0.15) is 12.5 Å². The molecule has 1 N–H and O–H groups in total. The molecule has 1 fully saturated rings. The van der Waals surface area contributed by atoms with Gasteiger partial charge in [-0.25, -0.2) is 0 Å². The number of nitrogens with zero attached hydrogens (tertiary/aromatic N) is 1. The molecule has 0 bridgehead atoms. The quantitative estimate of drug-likeness (QED) is 0.316. The molecule has 1 saturated heterocycles. The first-order chi connectivity index (χ1) is 12.5. The molecule has 2 amide bonds. The van der Waals surface area contributed by atoms with E-state index in [2.05, 4.69) is 27.9 Å². The van der Waals surface area contributed by atoms with E-state index in [0.29, 0.717) is 18.0 Å². The fourth-order valence-corrected chi connectivity index (χ4v) is 3.14. The minimum atomic E-state index is -0.504. The highest BCUT2D eigenvalue weighted by molar-refractivity contribution is 14.1. The maximum absolute atomic E-state index is 13.0. The van der Waals surface area contributed by atoms with Gasteiger partial charge >= 0.3 is 0 Å². The molecule has 1 heterocycles. The summed E-state index contributed by atoms with van der Waals surface area (Å²) in [5, 5.41) is 2.63. The molecule has 2 aromatic carbocycles. The Morgan fingerprint density at radius 1 is 1.19 bits per heavy atom. The summed E-state index contributed by atoms with van der Waals surface area (Å²) in [5.74, 6) is -0.345. The van der Waals surface area contributed by atoms with Crippen LogP contribution in [0.5, 0.6) is 5.75 Å². The van der Waals surface area contributed by atoms with Crippen LogP contribution in [0, 0.1) is 3.57 Å². The van der Waals surface area contributed by atoms with Crippen molar-refractivity contribution in [3.63, 3.8) is 0 Å². The second-order valence-corrected chi connectivity index (χ2v) is 7.07. The van der Waals surface area contributed by atoms with Crippen LogP contribution in [0.25, 0.3) is 6.08 Å². The van der Waals surface area contributed by atoms with Gasteiger partial charge in [-0.2, -0.15) is 0 Å². The van der Waals surface area contributed by atoms with Gasteiger partial charge in [-0.15, -0.1) is 0 Å². The van der Waals surface area contributed by atoms with Crippen molar-refractivity contribution in [1.29, 1.82) is 0 Å². The Hall–Kier alpha value is -2.26. The second-order valence-electron chi connectivity index (χ2n) is 5.44. The summed E-state index contributed by atoms with van der Waals surface area (Å²) in [6.07, 6.45) is 1.56. The van der Waals surface area contributed by atoms with Crippen LogP contribution in [0.15, 0.2) is 54.1 Å². The van der Waals surface area contributed by atoms with Crippen molar-refractivity contribution >= 4 is 63.5 Å². The van der Waals surface area contributed by atoms with E-state index in [9.17, 15) is 9.59 Å². The third kappa shape index (κ3) is 3.94. The highest BCUT2D eigenvalue weighted by Gasteiger charge is 2.34. The lowest BCUT2D eigenvalue weighted by atomic mass is 10.1. The van der Waals surface area contributed by atoms with Crippen LogP contribution in [0.4, 0.5) is 5.69 Å². The van der Waals surface area contributed by atoms with Crippen molar-refractivity contribution in [3.8, 4) is 5.75 Å². The normalized spacial score (nSPS) is 16.0.